The lowest BCUT2D eigenvalue weighted by Crippen LogP contribution is -2.57. The molecule has 2 aliphatic heterocycles. The summed E-state index contributed by atoms with van der Waals surface area (Å²) in [5, 5.41) is 9.88. The molecule has 0 bridgehead atoms. The summed E-state index contributed by atoms with van der Waals surface area (Å²) in [5.41, 5.74) is 0. The van der Waals surface area contributed by atoms with Gasteiger partial charge in [0, 0.05) is 19.2 Å². The average molecular weight is 201 g/mol. The van der Waals surface area contributed by atoms with Crippen molar-refractivity contribution in [3.63, 3.8) is 0 Å². The van der Waals surface area contributed by atoms with Crippen molar-refractivity contribution >= 4 is 0 Å². The molecular formula is C10H19NO3. The Morgan fingerprint density at radius 1 is 1.21 bits per heavy atom. The minimum absolute atomic E-state index is 0.169. The van der Waals surface area contributed by atoms with E-state index in [1.807, 2.05) is 0 Å². The van der Waals surface area contributed by atoms with E-state index in [9.17, 15) is 5.11 Å². The second-order valence-electron chi connectivity index (χ2n) is 4.16. The number of nitrogens with zero attached hydrogens (tertiary/aromatic N) is 1. The number of hydrogen-bond acceptors (Lipinski definition) is 4. The van der Waals surface area contributed by atoms with Crippen molar-refractivity contribution in [2.75, 3.05) is 33.0 Å². The van der Waals surface area contributed by atoms with Crippen molar-refractivity contribution in [2.45, 2.75) is 31.5 Å². The maximum absolute atomic E-state index is 9.88. The predicted octanol–water partition coefficient (Wildman–Crippen LogP) is -0.143. The van der Waals surface area contributed by atoms with Gasteiger partial charge < -0.3 is 14.6 Å². The molecule has 0 radical (unpaired) electrons. The van der Waals surface area contributed by atoms with Crippen molar-refractivity contribution in [3.8, 4) is 0 Å². The molecule has 4 heteroatoms. The molecule has 0 aromatic carbocycles. The molecule has 0 spiro atoms. The molecule has 4 nitrogen and oxygen atoms in total. The van der Waals surface area contributed by atoms with Gasteiger partial charge in [0.05, 0.1) is 32.0 Å². The van der Waals surface area contributed by atoms with Crippen molar-refractivity contribution in [1.82, 2.24) is 4.90 Å². The fraction of sp³-hybridized carbons (Fsp3) is 1.00. The summed E-state index contributed by atoms with van der Waals surface area (Å²) in [6.45, 7) is 5.94. The van der Waals surface area contributed by atoms with Crippen LogP contribution < -0.4 is 0 Å². The van der Waals surface area contributed by atoms with Crippen LogP contribution in [0.2, 0.25) is 0 Å². The van der Waals surface area contributed by atoms with Gasteiger partial charge in [0.15, 0.2) is 0 Å². The molecule has 2 fully saturated rings. The minimum atomic E-state index is -0.232. The van der Waals surface area contributed by atoms with Gasteiger partial charge in [0.1, 0.15) is 0 Å². The summed E-state index contributed by atoms with van der Waals surface area (Å²) in [7, 11) is 0. The first-order valence-corrected chi connectivity index (χ1v) is 5.38. The standard InChI is InChI=1S/C10H19NO3/c1-8-6-14-5-3-11(8)9-7-13-4-2-10(9)12/h8-10,12H,2-7H2,1H3. The highest BCUT2D eigenvalue weighted by Gasteiger charge is 2.33. The molecule has 3 atom stereocenters. The Balaban J connectivity index is 1.96. The van der Waals surface area contributed by atoms with E-state index in [0.29, 0.717) is 19.3 Å². The third kappa shape index (κ3) is 2.08. The van der Waals surface area contributed by atoms with Crippen LogP contribution in [0.3, 0.4) is 0 Å². The summed E-state index contributed by atoms with van der Waals surface area (Å²) in [6.07, 6.45) is 0.527. The van der Waals surface area contributed by atoms with Gasteiger partial charge in [0.25, 0.3) is 0 Å². The molecule has 0 aromatic heterocycles. The smallest absolute Gasteiger partial charge is 0.0739 e. The van der Waals surface area contributed by atoms with Gasteiger partial charge in [-0.25, -0.2) is 0 Å². The van der Waals surface area contributed by atoms with Crippen LogP contribution in [0.1, 0.15) is 13.3 Å². The number of hydrogen-bond donors (Lipinski definition) is 1. The molecule has 0 amide bonds. The van der Waals surface area contributed by atoms with Crippen LogP contribution in [0.4, 0.5) is 0 Å². The normalized spacial score (nSPS) is 41.1. The maximum Gasteiger partial charge on any atom is 0.0739 e. The number of ether oxygens (including phenoxy) is 2. The first-order valence-electron chi connectivity index (χ1n) is 5.38. The molecule has 0 aromatic rings. The maximum atomic E-state index is 9.88. The predicted molar refractivity (Wildman–Crippen MR) is 52.2 cm³/mol. The molecule has 3 unspecified atom stereocenters. The van der Waals surface area contributed by atoms with E-state index in [0.717, 1.165) is 26.2 Å². The zero-order chi connectivity index (χ0) is 9.97. The Morgan fingerprint density at radius 3 is 2.71 bits per heavy atom. The molecule has 2 aliphatic rings. The van der Waals surface area contributed by atoms with Crippen molar-refractivity contribution < 1.29 is 14.6 Å². The Labute approximate surface area is 84.8 Å². The van der Waals surface area contributed by atoms with Gasteiger partial charge >= 0.3 is 0 Å². The molecule has 2 saturated heterocycles. The fourth-order valence-corrected chi connectivity index (χ4v) is 2.26. The summed E-state index contributed by atoms with van der Waals surface area (Å²) in [4.78, 5) is 2.31. The topological polar surface area (TPSA) is 41.9 Å². The lowest BCUT2D eigenvalue weighted by molar-refractivity contribution is -0.105. The largest absolute Gasteiger partial charge is 0.391 e. The van der Waals surface area contributed by atoms with Crippen LogP contribution in [0, 0.1) is 0 Å². The first-order chi connectivity index (χ1) is 6.79. The summed E-state index contributed by atoms with van der Waals surface area (Å²) >= 11 is 0. The van der Waals surface area contributed by atoms with Crippen LogP contribution >= 0.6 is 0 Å². The highest BCUT2D eigenvalue weighted by molar-refractivity contribution is 4.86. The summed E-state index contributed by atoms with van der Waals surface area (Å²) in [6, 6.07) is 0.563. The van der Waals surface area contributed by atoms with Crippen LogP contribution in [-0.4, -0.2) is 61.2 Å². The van der Waals surface area contributed by atoms with Crippen molar-refractivity contribution in [2.24, 2.45) is 0 Å². The highest BCUT2D eigenvalue weighted by Crippen LogP contribution is 2.18. The summed E-state index contributed by atoms with van der Waals surface area (Å²) < 4.78 is 10.8. The van der Waals surface area contributed by atoms with Gasteiger partial charge in [0.2, 0.25) is 0 Å². The molecule has 1 N–H and O–H groups in total. The fourth-order valence-electron chi connectivity index (χ4n) is 2.26. The third-order valence-electron chi connectivity index (χ3n) is 3.14. The Morgan fingerprint density at radius 2 is 2.00 bits per heavy atom. The van der Waals surface area contributed by atoms with Crippen LogP contribution in [0.15, 0.2) is 0 Å². The van der Waals surface area contributed by atoms with Crippen molar-refractivity contribution in [3.05, 3.63) is 0 Å². The molecule has 0 aliphatic carbocycles. The van der Waals surface area contributed by atoms with Gasteiger partial charge in [-0.1, -0.05) is 0 Å². The van der Waals surface area contributed by atoms with E-state index in [4.69, 9.17) is 9.47 Å². The number of morpholine rings is 1. The monoisotopic (exact) mass is 201 g/mol. The number of aliphatic hydroxyl groups excluding tert-OH is 1. The second-order valence-corrected chi connectivity index (χ2v) is 4.16. The third-order valence-corrected chi connectivity index (χ3v) is 3.14. The van der Waals surface area contributed by atoms with E-state index in [1.165, 1.54) is 0 Å². The molecule has 82 valence electrons. The first kappa shape index (κ1) is 10.4. The Bertz CT molecular complexity index is 168. The van der Waals surface area contributed by atoms with Crippen molar-refractivity contribution in [1.29, 1.82) is 0 Å². The van der Waals surface area contributed by atoms with E-state index in [2.05, 4.69) is 11.8 Å². The van der Waals surface area contributed by atoms with Gasteiger partial charge in [-0.3, -0.25) is 4.90 Å². The zero-order valence-corrected chi connectivity index (χ0v) is 8.69. The summed E-state index contributed by atoms with van der Waals surface area (Å²) in [5.74, 6) is 0. The van der Waals surface area contributed by atoms with Gasteiger partial charge in [-0.05, 0) is 13.3 Å². The SMILES string of the molecule is CC1COCCN1C1COCCC1O. The van der Waals surface area contributed by atoms with Gasteiger partial charge in [-0.15, -0.1) is 0 Å². The van der Waals surface area contributed by atoms with E-state index >= 15 is 0 Å². The van der Waals surface area contributed by atoms with Crippen LogP contribution in [0.25, 0.3) is 0 Å². The number of rotatable bonds is 1. The quantitative estimate of drug-likeness (QED) is 0.641. The highest BCUT2D eigenvalue weighted by atomic mass is 16.5. The Hall–Kier alpha value is -0.160. The number of aliphatic hydroxyl groups is 1. The van der Waals surface area contributed by atoms with E-state index in [1.54, 1.807) is 0 Å². The lowest BCUT2D eigenvalue weighted by atomic mass is 10.0. The molecule has 2 heterocycles. The lowest BCUT2D eigenvalue weighted by Gasteiger charge is -2.42. The van der Waals surface area contributed by atoms with E-state index < -0.39 is 0 Å². The molecule has 14 heavy (non-hydrogen) atoms. The molecule has 2 rings (SSSR count). The average Bonchev–Trinajstić information content (AvgIpc) is 2.20. The van der Waals surface area contributed by atoms with Crippen LogP contribution in [-0.2, 0) is 9.47 Å². The Kier molecular flexibility index (Phi) is 3.38. The molecule has 0 saturated carbocycles. The minimum Gasteiger partial charge on any atom is -0.391 e. The molecular weight excluding hydrogens is 182 g/mol. The second kappa shape index (κ2) is 4.57. The van der Waals surface area contributed by atoms with E-state index in [-0.39, 0.29) is 12.1 Å². The van der Waals surface area contributed by atoms with Gasteiger partial charge in [-0.2, -0.15) is 0 Å². The van der Waals surface area contributed by atoms with Crippen LogP contribution in [0.5, 0.6) is 0 Å². The zero-order valence-electron chi connectivity index (χ0n) is 8.69.